The molecule has 120 valence electrons. The molecule has 0 saturated heterocycles. The molecule has 0 unspecified atom stereocenters. The van der Waals surface area contributed by atoms with E-state index in [4.69, 9.17) is 4.74 Å². The largest absolute Gasteiger partial charge is 0.461 e. The average Bonchev–Trinajstić information content (AvgIpc) is 2.54. The second-order valence-electron chi connectivity index (χ2n) is 4.98. The molecule has 0 aliphatic heterocycles. The number of halogens is 2. The van der Waals surface area contributed by atoms with E-state index >= 15 is 0 Å². The van der Waals surface area contributed by atoms with Gasteiger partial charge in [0, 0.05) is 12.0 Å². The lowest BCUT2D eigenvalue weighted by atomic mass is 10.1. The number of rotatable bonds is 5. The van der Waals surface area contributed by atoms with E-state index in [1.54, 1.807) is 6.92 Å². The molecule has 0 N–H and O–H groups in total. The van der Waals surface area contributed by atoms with E-state index in [1.807, 2.05) is 30.3 Å². The highest BCUT2D eigenvalue weighted by Gasteiger charge is 2.13. The summed E-state index contributed by atoms with van der Waals surface area (Å²) in [6.45, 7) is 2.85. The Bertz CT molecular complexity index is 727. The fourth-order valence-electron chi connectivity index (χ4n) is 1.89. The summed E-state index contributed by atoms with van der Waals surface area (Å²) in [6.07, 6.45) is -1.76. The fourth-order valence-corrected chi connectivity index (χ4v) is 1.89. The highest BCUT2D eigenvalue weighted by atomic mass is 19.3. The zero-order valence-corrected chi connectivity index (χ0v) is 12.8. The first kappa shape index (κ1) is 16.7. The molecule has 6 heteroatoms. The quantitative estimate of drug-likeness (QED) is 0.776. The molecule has 0 bridgehead atoms. The number of esters is 1. The maximum absolute atomic E-state index is 12.3. The minimum atomic E-state index is -1.75. The van der Waals surface area contributed by atoms with Crippen molar-refractivity contribution in [1.82, 2.24) is 9.97 Å². The molecule has 0 fully saturated rings. The van der Waals surface area contributed by atoms with E-state index in [-0.39, 0.29) is 24.3 Å². The minimum Gasteiger partial charge on any atom is -0.461 e. The van der Waals surface area contributed by atoms with Gasteiger partial charge in [-0.1, -0.05) is 30.3 Å². The van der Waals surface area contributed by atoms with Crippen molar-refractivity contribution in [2.75, 3.05) is 6.61 Å². The standard InChI is InChI=1S/C17H16F2N2O2/c1-11(16(18)19)8-9-23-17(22)15-10-14(20-12(2)21-15)13-6-4-3-5-7-13/h3-7,10H,8-9H2,1-2H3. The summed E-state index contributed by atoms with van der Waals surface area (Å²) in [4.78, 5) is 20.4. The number of carbonyl (C=O) groups is 1. The topological polar surface area (TPSA) is 52.1 Å². The fraction of sp³-hybridized carbons (Fsp3) is 0.235. The number of ether oxygens (including phenoxy) is 1. The van der Waals surface area contributed by atoms with Crippen LogP contribution in [0.5, 0.6) is 0 Å². The van der Waals surface area contributed by atoms with Crippen LogP contribution in [0.15, 0.2) is 48.1 Å². The van der Waals surface area contributed by atoms with Gasteiger partial charge < -0.3 is 4.74 Å². The summed E-state index contributed by atoms with van der Waals surface area (Å²) in [5.74, 6) is -0.219. The molecule has 2 rings (SSSR count). The van der Waals surface area contributed by atoms with Crippen molar-refractivity contribution in [3.8, 4) is 11.3 Å². The first-order valence-electron chi connectivity index (χ1n) is 7.06. The van der Waals surface area contributed by atoms with Gasteiger partial charge >= 0.3 is 5.97 Å². The van der Waals surface area contributed by atoms with E-state index in [0.717, 1.165) is 5.56 Å². The van der Waals surface area contributed by atoms with Crippen LogP contribution in [0.4, 0.5) is 8.78 Å². The maximum atomic E-state index is 12.3. The molecule has 2 aromatic rings. The van der Waals surface area contributed by atoms with Crippen molar-refractivity contribution >= 4 is 5.97 Å². The third kappa shape index (κ3) is 4.67. The van der Waals surface area contributed by atoms with Gasteiger partial charge in [-0.2, -0.15) is 8.78 Å². The second-order valence-corrected chi connectivity index (χ2v) is 4.98. The summed E-state index contributed by atoms with van der Waals surface area (Å²) in [5.41, 5.74) is 1.47. The predicted molar refractivity (Wildman–Crippen MR) is 82.0 cm³/mol. The van der Waals surface area contributed by atoms with Crippen LogP contribution in [-0.2, 0) is 4.74 Å². The molecule has 0 aliphatic carbocycles. The second kappa shape index (κ2) is 7.58. The molecular formula is C17H16F2N2O2. The van der Waals surface area contributed by atoms with E-state index in [9.17, 15) is 13.6 Å². The van der Waals surface area contributed by atoms with Crippen LogP contribution >= 0.6 is 0 Å². The number of aromatic nitrogens is 2. The first-order chi connectivity index (χ1) is 11.0. The Morgan fingerprint density at radius 1 is 1.17 bits per heavy atom. The summed E-state index contributed by atoms with van der Waals surface area (Å²) in [5, 5.41) is 0. The molecule has 0 atom stereocenters. The van der Waals surface area contributed by atoms with Gasteiger partial charge in [0.05, 0.1) is 12.3 Å². The van der Waals surface area contributed by atoms with Crippen molar-refractivity contribution in [2.45, 2.75) is 20.3 Å². The first-order valence-corrected chi connectivity index (χ1v) is 7.06. The maximum Gasteiger partial charge on any atom is 0.357 e. The molecule has 0 saturated carbocycles. The third-order valence-corrected chi connectivity index (χ3v) is 3.15. The number of hydrogen-bond acceptors (Lipinski definition) is 4. The Morgan fingerprint density at radius 2 is 1.87 bits per heavy atom. The lowest BCUT2D eigenvalue weighted by Gasteiger charge is -2.07. The lowest BCUT2D eigenvalue weighted by molar-refractivity contribution is 0.0500. The predicted octanol–water partition coefficient (Wildman–Crippen LogP) is 4.17. The molecule has 1 aromatic carbocycles. The van der Waals surface area contributed by atoms with Crippen molar-refractivity contribution in [3.63, 3.8) is 0 Å². The van der Waals surface area contributed by atoms with Crippen LogP contribution in [0.2, 0.25) is 0 Å². The molecule has 1 aromatic heterocycles. The van der Waals surface area contributed by atoms with Gasteiger partial charge in [0.2, 0.25) is 0 Å². The number of carbonyl (C=O) groups excluding carboxylic acids is 1. The van der Waals surface area contributed by atoms with Crippen LogP contribution in [0.25, 0.3) is 11.3 Å². The minimum absolute atomic E-state index is 0.0102. The van der Waals surface area contributed by atoms with E-state index in [0.29, 0.717) is 11.5 Å². The molecule has 0 radical (unpaired) electrons. The Balaban J connectivity index is 2.12. The number of aryl methyl sites for hydroxylation is 1. The van der Waals surface area contributed by atoms with Crippen molar-refractivity contribution in [2.24, 2.45) is 0 Å². The van der Waals surface area contributed by atoms with Crippen LogP contribution in [0, 0.1) is 6.92 Å². The Hall–Kier alpha value is -2.63. The summed E-state index contributed by atoms with van der Waals surface area (Å²) in [7, 11) is 0. The lowest BCUT2D eigenvalue weighted by Crippen LogP contribution is -2.10. The Morgan fingerprint density at radius 3 is 2.52 bits per heavy atom. The van der Waals surface area contributed by atoms with Gasteiger partial charge in [-0.15, -0.1) is 0 Å². The number of benzene rings is 1. The highest BCUT2D eigenvalue weighted by Crippen LogP contribution is 2.18. The third-order valence-electron chi connectivity index (χ3n) is 3.15. The van der Waals surface area contributed by atoms with Crippen LogP contribution < -0.4 is 0 Å². The number of nitrogens with zero attached hydrogens (tertiary/aromatic N) is 2. The van der Waals surface area contributed by atoms with Gasteiger partial charge in [0.1, 0.15) is 5.82 Å². The SMILES string of the molecule is CC(CCOC(=O)c1cc(-c2ccccc2)nc(C)n1)=C(F)F. The van der Waals surface area contributed by atoms with Gasteiger partial charge in [-0.25, -0.2) is 14.8 Å². The molecule has 0 spiro atoms. The summed E-state index contributed by atoms with van der Waals surface area (Å²) in [6, 6.07) is 10.9. The van der Waals surface area contributed by atoms with Gasteiger partial charge in [0.25, 0.3) is 6.08 Å². The zero-order valence-electron chi connectivity index (χ0n) is 12.8. The summed E-state index contributed by atoms with van der Waals surface area (Å²) >= 11 is 0. The molecule has 23 heavy (non-hydrogen) atoms. The van der Waals surface area contributed by atoms with Crippen LogP contribution in [-0.4, -0.2) is 22.5 Å². The monoisotopic (exact) mass is 318 g/mol. The van der Waals surface area contributed by atoms with Gasteiger partial charge in [-0.05, 0) is 25.5 Å². The van der Waals surface area contributed by atoms with Crippen LogP contribution in [0.1, 0.15) is 29.7 Å². The van der Waals surface area contributed by atoms with E-state index in [1.165, 1.54) is 13.0 Å². The molecular weight excluding hydrogens is 302 g/mol. The van der Waals surface area contributed by atoms with Gasteiger partial charge in [-0.3, -0.25) is 0 Å². The zero-order chi connectivity index (χ0) is 16.8. The molecule has 1 heterocycles. The molecule has 0 aliphatic rings. The van der Waals surface area contributed by atoms with Crippen molar-refractivity contribution in [1.29, 1.82) is 0 Å². The van der Waals surface area contributed by atoms with E-state index < -0.39 is 12.0 Å². The van der Waals surface area contributed by atoms with Crippen molar-refractivity contribution in [3.05, 3.63) is 59.6 Å². The summed E-state index contributed by atoms with van der Waals surface area (Å²) < 4.78 is 29.6. The smallest absolute Gasteiger partial charge is 0.357 e. The average molecular weight is 318 g/mol. The van der Waals surface area contributed by atoms with E-state index in [2.05, 4.69) is 9.97 Å². The number of hydrogen-bond donors (Lipinski definition) is 0. The normalized spacial score (nSPS) is 10.3. The molecule has 0 amide bonds. The Labute approximate surface area is 132 Å². The van der Waals surface area contributed by atoms with Gasteiger partial charge in [0.15, 0.2) is 5.69 Å². The Kier molecular flexibility index (Phi) is 5.51. The van der Waals surface area contributed by atoms with Crippen molar-refractivity contribution < 1.29 is 18.3 Å². The molecule has 4 nitrogen and oxygen atoms in total. The van der Waals surface area contributed by atoms with Crippen LogP contribution in [0.3, 0.4) is 0 Å². The highest BCUT2D eigenvalue weighted by molar-refractivity contribution is 5.88.